The smallest absolute Gasteiger partial charge is 0.398 e. The first-order valence-corrected chi connectivity index (χ1v) is 6.04. The molecule has 1 aromatic heterocycles. The molecule has 0 amide bonds. The van der Waals surface area contributed by atoms with Crippen LogP contribution in [0.1, 0.15) is 11.4 Å². The summed E-state index contributed by atoms with van der Waals surface area (Å²) in [6, 6.07) is 3.81. The molecule has 0 aliphatic carbocycles. The van der Waals surface area contributed by atoms with Crippen LogP contribution in [-0.4, -0.2) is 16.1 Å². The zero-order valence-corrected chi connectivity index (χ0v) is 10.9. The largest absolute Gasteiger partial charge is 0.418 e. The summed E-state index contributed by atoms with van der Waals surface area (Å²) in [5.41, 5.74) is 4.64. The third-order valence-corrected chi connectivity index (χ3v) is 2.96. The number of nitrogens with zero attached hydrogens (tertiary/aromatic N) is 2. The minimum absolute atomic E-state index is 0.271. The highest BCUT2D eigenvalue weighted by Crippen LogP contribution is 2.35. The molecule has 0 fully saturated rings. The summed E-state index contributed by atoms with van der Waals surface area (Å²) in [5.74, 6) is 0.865. The molecule has 2 aromatic rings. The lowest BCUT2D eigenvalue weighted by molar-refractivity contribution is -0.136. The van der Waals surface area contributed by atoms with E-state index in [2.05, 4.69) is 10.3 Å². The van der Waals surface area contributed by atoms with Gasteiger partial charge >= 0.3 is 6.18 Å². The molecule has 1 heterocycles. The molecule has 0 saturated carbocycles. The van der Waals surface area contributed by atoms with Gasteiger partial charge in [0.2, 0.25) is 0 Å². The molecule has 20 heavy (non-hydrogen) atoms. The molecular formula is C13H15F3N4. The number of hydrogen-bond acceptors (Lipinski definition) is 3. The molecule has 0 bridgehead atoms. The molecule has 0 aliphatic heterocycles. The van der Waals surface area contributed by atoms with Crippen molar-refractivity contribution in [2.75, 3.05) is 17.6 Å². The van der Waals surface area contributed by atoms with Gasteiger partial charge < -0.3 is 15.6 Å². The molecule has 1 aromatic carbocycles. The van der Waals surface area contributed by atoms with Gasteiger partial charge in [-0.2, -0.15) is 13.2 Å². The Bertz CT molecular complexity index is 590. The Labute approximate surface area is 114 Å². The van der Waals surface area contributed by atoms with Crippen molar-refractivity contribution in [3.8, 4) is 0 Å². The van der Waals surface area contributed by atoms with Gasteiger partial charge in [-0.15, -0.1) is 0 Å². The van der Waals surface area contributed by atoms with Crippen molar-refractivity contribution in [1.29, 1.82) is 0 Å². The van der Waals surface area contributed by atoms with Crippen LogP contribution in [0.3, 0.4) is 0 Å². The number of nitrogen functional groups attached to an aromatic ring is 1. The highest BCUT2D eigenvalue weighted by Gasteiger charge is 2.33. The molecule has 4 nitrogen and oxygen atoms in total. The van der Waals surface area contributed by atoms with Crippen LogP contribution >= 0.6 is 0 Å². The second kappa shape index (κ2) is 5.44. The van der Waals surface area contributed by atoms with Crippen molar-refractivity contribution in [3.05, 3.63) is 42.0 Å². The van der Waals surface area contributed by atoms with E-state index >= 15 is 0 Å². The van der Waals surface area contributed by atoms with Crippen molar-refractivity contribution >= 4 is 11.4 Å². The number of alkyl halides is 3. The van der Waals surface area contributed by atoms with E-state index in [0.29, 0.717) is 18.7 Å². The van der Waals surface area contributed by atoms with Gasteiger partial charge in [0.25, 0.3) is 0 Å². The number of nitrogens with one attached hydrogen (secondary N) is 1. The third kappa shape index (κ3) is 3.23. The van der Waals surface area contributed by atoms with E-state index in [1.54, 1.807) is 6.20 Å². The lowest BCUT2D eigenvalue weighted by atomic mass is 10.1. The predicted molar refractivity (Wildman–Crippen MR) is 71.3 cm³/mol. The molecular weight excluding hydrogens is 269 g/mol. The first-order chi connectivity index (χ1) is 9.38. The Kier molecular flexibility index (Phi) is 3.87. The van der Waals surface area contributed by atoms with Crippen LogP contribution in [0, 0.1) is 0 Å². The van der Waals surface area contributed by atoms with Gasteiger partial charge in [-0.25, -0.2) is 4.98 Å². The topological polar surface area (TPSA) is 55.9 Å². The molecule has 7 heteroatoms. The van der Waals surface area contributed by atoms with Crippen LogP contribution in [-0.2, 0) is 19.6 Å². The maximum absolute atomic E-state index is 12.7. The standard InChI is InChI=1S/C13H15F3N4/c1-20-7-6-19-12(20)4-5-18-9-2-3-11(17)10(8-9)13(14,15)16/h2-3,6-8,18H,4-5,17H2,1H3. The van der Waals surface area contributed by atoms with E-state index in [1.807, 2.05) is 17.8 Å². The molecule has 2 rings (SSSR count). The van der Waals surface area contributed by atoms with Gasteiger partial charge in [-0.1, -0.05) is 0 Å². The lowest BCUT2D eigenvalue weighted by Crippen LogP contribution is -2.12. The van der Waals surface area contributed by atoms with Gasteiger partial charge in [0.05, 0.1) is 5.56 Å². The van der Waals surface area contributed by atoms with Crippen LogP contribution in [0.4, 0.5) is 24.5 Å². The zero-order chi connectivity index (χ0) is 14.8. The predicted octanol–water partition coefficient (Wildman–Crippen LogP) is 2.68. The fourth-order valence-electron chi connectivity index (χ4n) is 1.87. The number of rotatable bonds is 4. The van der Waals surface area contributed by atoms with Crippen molar-refractivity contribution in [3.63, 3.8) is 0 Å². The van der Waals surface area contributed by atoms with E-state index in [4.69, 9.17) is 5.73 Å². The summed E-state index contributed by atoms with van der Waals surface area (Å²) >= 11 is 0. The quantitative estimate of drug-likeness (QED) is 0.849. The fourth-order valence-corrected chi connectivity index (χ4v) is 1.87. The molecule has 0 saturated heterocycles. The van der Waals surface area contributed by atoms with E-state index in [0.717, 1.165) is 11.9 Å². The summed E-state index contributed by atoms with van der Waals surface area (Å²) in [6.45, 7) is 0.492. The van der Waals surface area contributed by atoms with Crippen LogP contribution in [0.15, 0.2) is 30.6 Å². The number of nitrogens with two attached hydrogens (primary N) is 1. The van der Waals surface area contributed by atoms with Gasteiger partial charge in [-0.05, 0) is 18.2 Å². The van der Waals surface area contributed by atoms with Gasteiger partial charge in [0, 0.05) is 43.8 Å². The first-order valence-electron chi connectivity index (χ1n) is 6.04. The van der Waals surface area contributed by atoms with E-state index in [9.17, 15) is 13.2 Å². The van der Waals surface area contributed by atoms with Crippen molar-refractivity contribution in [2.24, 2.45) is 7.05 Å². The number of anilines is 2. The van der Waals surface area contributed by atoms with E-state index in [1.165, 1.54) is 12.1 Å². The number of halogens is 3. The Morgan fingerprint density at radius 2 is 2.10 bits per heavy atom. The summed E-state index contributed by atoms with van der Waals surface area (Å²) in [5, 5.41) is 2.94. The average molecular weight is 284 g/mol. The highest BCUT2D eigenvalue weighted by molar-refractivity contribution is 5.58. The molecule has 0 unspecified atom stereocenters. The summed E-state index contributed by atoms with van der Waals surface area (Å²) in [6.07, 6.45) is -0.322. The van der Waals surface area contributed by atoms with Crippen LogP contribution in [0.2, 0.25) is 0 Å². The molecule has 3 N–H and O–H groups in total. The first kappa shape index (κ1) is 14.2. The molecule has 0 aliphatic rings. The monoisotopic (exact) mass is 284 g/mol. The number of imidazole rings is 1. The van der Waals surface area contributed by atoms with Crippen LogP contribution < -0.4 is 11.1 Å². The minimum atomic E-state index is -4.44. The number of aryl methyl sites for hydroxylation is 1. The Morgan fingerprint density at radius 1 is 1.35 bits per heavy atom. The second-order valence-corrected chi connectivity index (χ2v) is 4.43. The molecule has 0 spiro atoms. The van der Waals surface area contributed by atoms with Crippen molar-refractivity contribution in [2.45, 2.75) is 12.6 Å². The summed E-state index contributed by atoms with van der Waals surface area (Å²) in [7, 11) is 1.87. The van der Waals surface area contributed by atoms with Gasteiger partial charge in [0.15, 0.2) is 0 Å². The number of benzene rings is 1. The highest BCUT2D eigenvalue weighted by atomic mass is 19.4. The van der Waals surface area contributed by atoms with Crippen molar-refractivity contribution in [1.82, 2.24) is 9.55 Å². The molecule has 0 radical (unpaired) electrons. The number of aromatic nitrogens is 2. The van der Waals surface area contributed by atoms with Crippen LogP contribution in [0.25, 0.3) is 0 Å². The Balaban J connectivity index is 2.02. The second-order valence-electron chi connectivity index (χ2n) is 4.43. The molecule has 0 atom stereocenters. The minimum Gasteiger partial charge on any atom is -0.398 e. The van der Waals surface area contributed by atoms with Gasteiger partial charge in [-0.3, -0.25) is 0 Å². The summed E-state index contributed by atoms with van der Waals surface area (Å²) < 4.78 is 40.0. The third-order valence-electron chi connectivity index (χ3n) is 2.96. The van der Waals surface area contributed by atoms with E-state index in [-0.39, 0.29) is 5.69 Å². The maximum Gasteiger partial charge on any atom is 0.418 e. The maximum atomic E-state index is 12.7. The number of hydrogen-bond donors (Lipinski definition) is 2. The zero-order valence-electron chi connectivity index (χ0n) is 10.9. The Hall–Kier alpha value is -2.18. The van der Waals surface area contributed by atoms with Gasteiger partial charge in [0.1, 0.15) is 5.82 Å². The summed E-state index contributed by atoms with van der Waals surface area (Å²) in [4.78, 5) is 4.14. The van der Waals surface area contributed by atoms with Crippen LogP contribution in [0.5, 0.6) is 0 Å². The lowest BCUT2D eigenvalue weighted by Gasteiger charge is -2.13. The fraction of sp³-hybridized carbons (Fsp3) is 0.308. The average Bonchev–Trinajstić information content (AvgIpc) is 2.76. The van der Waals surface area contributed by atoms with Crippen molar-refractivity contribution < 1.29 is 13.2 Å². The Morgan fingerprint density at radius 3 is 2.70 bits per heavy atom. The van der Waals surface area contributed by atoms with E-state index < -0.39 is 11.7 Å². The SMILES string of the molecule is Cn1ccnc1CCNc1ccc(N)c(C(F)(F)F)c1. The normalized spacial score (nSPS) is 11.6. The molecule has 108 valence electrons.